The van der Waals surface area contributed by atoms with Crippen LogP contribution in [0.2, 0.25) is 0 Å². The number of hydrogen-bond acceptors (Lipinski definition) is 10. The molecular formula is C9H6N3O6PS. The van der Waals surface area contributed by atoms with Crippen LogP contribution < -0.4 is 0 Å². The molecule has 0 aliphatic carbocycles. The van der Waals surface area contributed by atoms with Gasteiger partial charge in [0.2, 0.25) is 0 Å². The third kappa shape index (κ3) is 9.44. The second kappa shape index (κ2) is 11.5. The van der Waals surface area contributed by atoms with Gasteiger partial charge in [-0.05, 0) is 0 Å². The molecule has 0 aliphatic heterocycles. The van der Waals surface area contributed by atoms with E-state index in [2.05, 4.69) is 41.1 Å². The maximum Gasteiger partial charge on any atom is 0.554 e. The molecule has 104 valence electrons. The van der Waals surface area contributed by atoms with Crippen LogP contribution in [-0.4, -0.2) is 18.2 Å². The van der Waals surface area contributed by atoms with Crippen LogP contribution in [0.25, 0.3) is 0 Å². The lowest BCUT2D eigenvalue weighted by Gasteiger charge is -2.07. The Morgan fingerprint density at radius 1 is 0.700 bits per heavy atom. The van der Waals surface area contributed by atoms with Crippen LogP contribution in [0.5, 0.6) is 0 Å². The number of benzene rings is 1. The minimum atomic E-state index is -3.72. The molecule has 0 atom stereocenters. The molecule has 0 aliphatic rings. The summed E-state index contributed by atoms with van der Waals surface area (Å²) in [5, 5.41) is 7.68. The Bertz CT molecular complexity index is 495. The quantitative estimate of drug-likeness (QED) is 0.339. The second-order valence-corrected chi connectivity index (χ2v) is 5.12. The first-order valence-corrected chi connectivity index (χ1v) is 7.12. The van der Waals surface area contributed by atoms with Gasteiger partial charge in [0.15, 0.2) is 0 Å². The summed E-state index contributed by atoms with van der Waals surface area (Å²) >= 11 is 4.42. The Hall–Kier alpha value is -2.59. The van der Waals surface area contributed by atoms with Crippen LogP contribution in [0.4, 0.5) is 0 Å². The molecule has 0 N–H and O–H groups in total. The van der Waals surface area contributed by atoms with Crippen LogP contribution >= 0.6 is 6.72 Å². The van der Waals surface area contributed by atoms with E-state index in [0.717, 1.165) is 18.2 Å². The van der Waals surface area contributed by atoms with Crippen LogP contribution in [-0.2, 0) is 40.1 Å². The number of rotatable bonds is 6. The molecule has 1 aromatic rings. The maximum absolute atomic E-state index is 9.63. The first kappa shape index (κ1) is 17.4. The normalized spacial score (nSPS) is 10.6. The average molecular weight is 315 g/mol. The van der Waals surface area contributed by atoms with Crippen molar-refractivity contribution in [2.24, 2.45) is 15.5 Å². The third-order valence-electron chi connectivity index (χ3n) is 1.20. The number of hydrogen-bond donors (Lipinski definition) is 0. The lowest BCUT2D eigenvalue weighted by atomic mass is 10.4. The molecule has 0 aromatic heterocycles. The highest BCUT2D eigenvalue weighted by Gasteiger charge is 2.26. The summed E-state index contributed by atoms with van der Waals surface area (Å²) in [4.78, 5) is 28.9. The highest BCUT2D eigenvalue weighted by atomic mass is 32.5. The fraction of sp³-hybridized carbons (Fsp3) is 0. The molecule has 0 unspecified atom stereocenters. The molecule has 20 heavy (non-hydrogen) atoms. The minimum Gasteiger partial charge on any atom is -0.281 e. The van der Waals surface area contributed by atoms with Crippen molar-refractivity contribution in [1.82, 2.24) is 0 Å². The molecular weight excluding hydrogens is 309 g/mol. The molecule has 0 saturated heterocycles. The van der Waals surface area contributed by atoms with E-state index in [1.807, 2.05) is 36.4 Å². The van der Waals surface area contributed by atoms with E-state index in [1.54, 1.807) is 0 Å². The molecule has 0 radical (unpaired) electrons. The fourth-order valence-electron chi connectivity index (χ4n) is 0.630. The van der Waals surface area contributed by atoms with Crippen molar-refractivity contribution in [1.29, 1.82) is 0 Å². The summed E-state index contributed by atoms with van der Waals surface area (Å²) < 4.78 is 12.4. The van der Waals surface area contributed by atoms with Gasteiger partial charge in [-0.15, -0.1) is 0 Å². The van der Waals surface area contributed by atoms with Gasteiger partial charge in [-0.1, -0.05) is 36.4 Å². The first-order valence-electron chi connectivity index (χ1n) is 4.56. The SMILES string of the molecule is O=C=NOP(=S)(ON=C=O)ON=C=O.c1ccccc1. The molecule has 1 rings (SSSR count). The second-order valence-electron chi connectivity index (χ2n) is 2.39. The summed E-state index contributed by atoms with van der Waals surface area (Å²) in [6.45, 7) is -3.72. The minimum absolute atomic E-state index is 0.950. The van der Waals surface area contributed by atoms with Gasteiger partial charge in [0.25, 0.3) is 18.2 Å². The number of nitrogens with zero attached hydrogens (tertiary/aromatic N) is 3. The van der Waals surface area contributed by atoms with Gasteiger partial charge in [-0.25, -0.2) is 14.4 Å². The van der Waals surface area contributed by atoms with E-state index < -0.39 is 6.72 Å². The van der Waals surface area contributed by atoms with E-state index in [-0.39, 0.29) is 0 Å². The molecule has 0 spiro atoms. The lowest BCUT2D eigenvalue weighted by molar-refractivity contribution is 0.168. The first-order chi connectivity index (χ1) is 9.68. The van der Waals surface area contributed by atoms with E-state index in [4.69, 9.17) is 0 Å². The molecule has 0 heterocycles. The average Bonchev–Trinajstić information content (AvgIpc) is 2.51. The number of isocyanates is 3. The summed E-state index contributed by atoms with van der Waals surface area (Å²) in [6, 6.07) is 12.0. The summed E-state index contributed by atoms with van der Waals surface area (Å²) in [5.41, 5.74) is 0. The summed E-state index contributed by atoms with van der Waals surface area (Å²) in [5.74, 6) is 0. The van der Waals surface area contributed by atoms with Crippen LogP contribution in [0, 0.1) is 0 Å². The highest BCUT2D eigenvalue weighted by molar-refractivity contribution is 8.07. The molecule has 11 heteroatoms. The van der Waals surface area contributed by atoms with Crippen molar-refractivity contribution in [3.05, 3.63) is 36.4 Å². The zero-order valence-corrected chi connectivity index (χ0v) is 11.3. The van der Waals surface area contributed by atoms with Gasteiger partial charge in [0.05, 0.1) is 0 Å². The Morgan fingerprint density at radius 2 is 0.950 bits per heavy atom. The Balaban J connectivity index is 0.000000493. The smallest absolute Gasteiger partial charge is 0.281 e. The van der Waals surface area contributed by atoms with E-state index >= 15 is 0 Å². The van der Waals surface area contributed by atoms with Crippen molar-refractivity contribution in [3.63, 3.8) is 0 Å². The van der Waals surface area contributed by atoms with Gasteiger partial charge in [-0.2, -0.15) is 0 Å². The van der Waals surface area contributed by atoms with Gasteiger partial charge in [0.1, 0.15) is 0 Å². The maximum atomic E-state index is 9.63. The van der Waals surface area contributed by atoms with Crippen LogP contribution in [0.3, 0.4) is 0 Å². The zero-order chi connectivity index (χ0) is 15.1. The standard InChI is InChI=1S/C6H6.C3N3O6PS/c1-2-4-6-5-3-1;7-1-4-10-13(14,11-5-2-8)12-6-3-9/h1-6H;. The van der Waals surface area contributed by atoms with E-state index in [1.165, 1.54) is 0 Å². The predicted octanol–water partition coefficient (Wildman–Crippen LogP) is 1.70. The van der Waals surface area contributed by atoms with Crippen molar-refractivity contribution in [3.8, 4) is 0 Å². The predicted molar refractivity (Wildman–Crippen MR) is 68.3 cm³/mol. The molecule has 0 fully saturated rings. The van der Waals surface area contributed by atoms with Gasteiger partial charge in [-0.3, -0.25) is 13.9 Å². The monoisotopic (exact) mass is 315 g/mol. The Kier molecular flexibility index (Phi) is 10.0. The molecule has 0 bridgehead atoms. The van der Waals surface area contributed by atoms with Gasteiger partial charge in [0, 0.05) is 27.3 Å². The third-order valence-corrected chi connectivity index (χ3v) is 2.65. The Labute approximate surface area is 117 Å². The summed E-state index contributed by atoms with van der Waals surface area (Å²) in [7, 11) is 0. The molecule has 0 amide bonds. The Morgan fingerprint density at radius 3 is 1.15 bits per heavy atom. The van der Waals surface area contributed by atoms with E-state index in [9.17, 15) is 14.4 Å². The molecule has 1 aromatic carbocycles. The van der Waals surface area contributed by atoms with Crippen LogP contribution in [0.15, 0.2) is 51.9 Å². The largest absolute Gasteiger partial charge is 0.554 e. The summed E-state index contributed by atoms with van der Waals surface area (Å²) in [6.07, 6.45) is 2.85. The lowest BCUT2D eigenvalue weighted by Crippen LogP contribution is -1.88. The van der Waals surface area contributed by atoms with Crippen LogP contribution in [0.1, 0.15) is 0 Å². The van der Waals surface area contributed by atoms with Crippen molar-refractivity contribution in [2.75, 3.05) is 0 Å². The fourth-order valence-corrected chi connectivity index (χ4v) is 1.42. The van der Waals surface area contributed by atoms with E-state index in [0.29, 0.717) is 0 Å². The topological polar surface area (TPSA) is 116 Å². The van der Waals surface area contributed by atoms with Crippen molar-refractivity contribution < 1.29 is 28.3 Å². The van der Waals surface area contributed by atoms with Gasteiger partial charge < -0.3 is 0 Å². The molecule has 9 nitrogen and oxygen atoms in total. The van der Waals surface area contributed by atoms with Crippen molar-refractivity contribution >= 4 is 36.8 Å². The molecule has 0 saturated carbocycles. The van der Waals surface area contributed by atoms with Crippen molar-refractivity contribution in [2.45, 2.75) is 0 Å². The van der Waals surface area contributed by atoms with Gasteiger partial charge >= 0.3 is 6.72 Å². The highest BCUT2D eigenvalue weighted by Crippen LogP contribution is 2.50. The zero-order valence-electron chi connectivity index (χ0n) is 9.61. The number of carbonyl (C=O) groups excluding carboxylic acids is 3.